The summed E-state index contributed by atoms with van der Waals surface area (Å²) in [6.07, 6.45) is 7.23. The zero-order valence-corrected chi connectivity index (χ0v) is 13.1. The van der Waals surface area contributed by atoms with Crippen LogP contribution < -0.4 is 0 Å². The summed E-state index contributed by atoms with van der Waals surface area (Å²) in [7, 11) is 0. The van der Waals surface area contributed by atoms with Crippen molar-refractivity contribution in [2.75, 3.05) is 0 Å². The Balaban J connectivity index is -0.0000000639. The first kappa shape index (κ1) is 31.7. The molecular formula is C13H14CrO5S. The van der Waals surface area contributed by atoms with Gasteiger partial charge in [-0.2, -0.15) is 0 Å². The average Bonchev–Trinajstić information content (AvgIpc) is 2.57. The third-order valence-electron chi connectivity index (χ3n) is 1.88. The van der Waals surface area contributed by atoms with Crippen LogP contribution in [-0.4, -0.2) is 8.96 Å². The molecule has 0 spiro atoms. The van der Waals surface area contributed by atoms with Gasteiger partial charge in [0.25, 0.3) is 0 Å². The van der Waals surface area contributed by atoms with E-state index >= 15 is 0 Å². The second kappa shape index (κ2) is 42.9. The van der Waals surface area contributed by atoms with Gasteiger partial charge < -0.3 is 0 Å². The molecule has 1 aliphatic carbocycles. The van der Waals surface area contributed by atoms with Crippen molar-refractivity contribution in [1.82, 2.24) is 0 Å². The van der Waals surface area contributed by atoms with E-state index in [0.717, 1.165) is 5.25 Å². The molecule has 0 atom stereocenters. The fourth-order valence-corrected chi connectivity index (χ4v) is 3.09. The van der Waals surface area contributed by atoms with Crippen LogP contribution in [-0.2, 0) is 39.1 Å². The average molecular weight is 334 g/mol. The van der Waals surface area contributed by atoms with Gasteiger partial charge in [0.15, 0.2) is 0 Å². The zero-order chi connectivity index (χ0) is 17.4. The van der Waals surface area contributed by atoms with Crippen molar-refractivity contribution in [2.24, 2.45) is 0 Å². The van der Waals surface area contributed by atoms with Crippen LogP contribution in [0.5, 0.6) is 0 Å². The van der Waals surface area contributed by atoms with Gasteiger partial charge in [0, 0.05) is 0 Å². The molecule has 0 bridgehead atoms. The van der Waals surface area contributed by atoms with E-state index in [4.69, 9.17) is 23.3 Å². The minimum atomic E-state index is 0.926. The van der Waals surface area contributed by atoms with E-state index in [-0.39, 0.29) is 0 Å². The predicted octanol–water partition coefficient (Wildman–Crippen LogP) is 2.56. The summed E-state index contributed by atoms with van der Waals surface area (Å²) < 4.78 is 38.9. The third kappa shape index (κ3) is 36.0. The molecule has 0 N–H and O–H groups in total. The van der Waals surface area contributed by atoms with Gasteiger partial charge in [0.2, 0.25) is 0 Å². The molecule has 0 aromatic carbocycles. The molecule has 1 fully saturated rings. The van der Waals surface area contributed by atoms with Gasteiger partial charge in [-0.1, -0.05) is 0 Å². The molecule has 0 aromatic rings. The van der Waals surface area contributed by atoms with E-state index in [2.05, 4.69) is 56.0 Å². The van der Waals surface area contributed by atoms with Crippen molar-refractivity contribution in [2.45, 2.75) is 44.3 Å². The molecule has 0 unspecified atom stereocenters. The molecule has 20 heavy (non-hydrogen) atoms. The third-order valence-corrected chi connectivity index (χ3v) is 3.47. The van der Waals surface area contributed by atoms with Gasteiger partial charge in [0.05, 0.1) is 0 Å². The molecule has 0 amide bonds. The van der Waals surface area contributed by atoms with Crippen LogP contribution >= 0.6 is 11.8 Å². The molecule has 0 aromatic heterocycles. The molecule has 1 saturated carbocycles. The number of thioether (sulfide) groups is 1. The summed E-state index contributed by atoms with van der Waals surface area (Å²) >= 11 is 5.10. The molecule has 1 aliphatic rings. The van der Waals surface area contributed by atoms with Crippen molar-refractivity contribution in [3.63, 3.8) is 0 Å². The SMILES string of the molecule is C[C](=[Cr])SC1CCCCC1.[C-]#[O+].[C-]#[O+].[C-]#[O+].[C-]#[O+].[C-]#[O+]. The van der Waals surface area contributed by atoms with E-state index < -0.39 is 0 Å². The van der Waals surface area contributed by atoms with Crippen molar-refractivity contribution >= 4 is 15.5 Å². The first-order valence-electron chi connectivity index (χ1n) is 4.98. The summed E-state index contributed by atoms with van der Waals surface area (Å²) in [5.41, 5.74) is 0. The summed E-state index contributed by atoms with van der Waals surface area (Å²) in [6, 6.07) is 0. The fourth-order valence-electron chi connectivity index (χ4n) is 1.42. The molecule has 1 rings (SSSR count). The van der Waals surface area contributed by atoms with Crippen molar-refractivity contribution in [3.8, 4) is 0 Å². The zero-order valence-electron chi connectivity index (χ0n) is 11.0. The predicted molar refractivity (Wildman–Crippen MR) is 64.8 cm³/mol. The molecule has 5 nitrogen and oxygen atoms in total. The Morgan fingerprint density at radius 3 is 1.35 bits per heavy atom. The van der Waals surface area contributed by atoms with Gasteiger partial charge in [0.1, 0.15) is 0 Å². The van der Waals surface area contributed by atoms with Gasteiger partial charge in [-0.25, -0.2) is 0 Å². The Kier molecular flexibility index (Phi) is 67.9. The summed E-state index contributed by atoms with van der Waals surface area (Å²) in [4.78, 5) is 0. The molecular weight excluding hydrogens is 320 g/mol. The Hall–Kier alpha value is -0.548. The first-order chi connectivity index (χ1) is 9.79. The second-order valence-electron chi connectivity index (χ2n) is 2.87. The normalized spacial score (nSPS) is 10.9. The number of hydrogen-bond acceptors (Lipinski definition) is 1. The molecule has 7 heteroatoms. The van der Waals surface area contributed by atoms with Crippen LogP contribution in [0.25, 0.3) is 0 Å². The first-order valence-corrected chi connectivity index (χ1v) is 6.50. The number of hydrogen-bond donors (Lipinski definition) is 0. The van der Waals surface area contributed by atoms with Crippen LogP contribution in [0.1, 0.15) is 39.0 Å². The Labute approximate surface area is 132 Å². The quantitative estimate of drug-likeness (QED) is 0.562. The summed E-state index contributed by atoms with van der Waals surface area (Å²) in [5.74, 6) is 0. The number of rotatable bonds is 2. The van der Waals surface area contributed by atoms with Crippen LogP contribution in [0.3, 0.4) is 0 Å². The van der Waals surface area contributed by atoms with E-state index in [1.165, 1.54) is 35.8 Å². The van der Waals surface area contributed by atoms with Gasteiger partial charge in [-0.05, 0) is 0 Å². The Bertz CT molecular complexity index is 253. The van der Waals surface area contributed by atoms with Gasteiger partial charge in [-0.3, -0.25) is 0 Å². The maximum absolute atomic E-state index is 7.50. The van der Waals surface area contributed by atoms with Crippen molar-refractivity contribution < 1.29 is 39.1 Å². The molecule has 0 aliphatic heterocycles. The minimum absolute atomic E-state index is 0.926. The summed E-state index contributed by atoms with van der Waals surface area (Å²) in [6.45, 7) is 24.7. The van der Waals surface area contributed by atoms with E-state index in [1.54, 1.807) is 0 Å². The Morgan fingerprint density at radius 2 is 1.10 bits per heavy atom. The van der Waals surface area contributed by atoms with Crippen LogP contribution in [0.2, 0.25) is 0 Å². The Morgan fingerprint density at radius 1 is 0.800 bits per heavy atom. The topological polar surface area (TPSA) is 99.5 Å². The van der Waals surface area contributed by atoms with E-state index in [9.17, 15) is 0 Å². The fraction of sp³-hybridized carbons (Fsp3) is 0.538. The van der Waals surface area contributed by atoms with E-state index in [0.29, 0.717) is 0 Å². The van der Waals surface area contributed by atoms with Crippen molar-refractivity contribution in [1.29, 1.82) is 0 Å². The van der Waals surface area contributed by atoms with Crippen molar-refractivity contribution in [3.05, 3.63) is 33.3 Å². The van der Waals surface area contributed by atoms with Crippen LogP contribution in [0, 0.1) is 33.3 Å². The van der Waals surface area contributed by atoms with Crippen LogP contribution in [0.15, 0.2) is 0 Å². The molecule has 108 valence electrons. The van der Waals surface area contributed by atoms with Gasteiger partial charge in [-0.15, -0.1) is 0 Å². The maximum atomic E-state index is 7.50. The second-order valence-corrected chi connectivity index (χ2v) is 5.77. The van der Waals surface area contributed by atoms with E-state index in [1.807, 2.05) is 11.8 Å². The van der Waals surface area contributed by atoms with Gasteiger partial charge >= 0.3 is 132 Å². The van der Waals surface area contributed by atoms with Crippen LogP contribution in [0.4, 0.5) is 0 Å². The molecule has 0 radical (unpaired) electrons. The molecule has 0 heterocycles. The standard InChI is InChI=1S/C8H14S.5CO.Cr/c1-2-9-8-6-4-3-5-7-8;5*1-2;/h8H,3-7H2,1H3;;;;;;. The molecule has 0 saturated heterocycles. The summed E-state index contributed by atoms with van der Waals surface area (Å²) in [5, 5.41) is 0.926. The monoisotopic (exact) mass is 334 g/mol.